The summed E-state index contributed by atoms with van der Waals surface area (Å²) in [6.07, 6.45) is 7.07. The number of para-hydroxylation sites is 1. The molecule has 3 N–H and O–H groups in total. The lowest BCUT2D eigenvalue weighted by atomic mass is 10.1. The summed E-state index contributed by atoms with van der Waals surface area (Å²) in [6, 6.07) is 23.7. The van der Waals surface area contributed by atoms with Gasteiger partial charge in [0.2, 0.25) is 0 Å². The van der Waals surface area contributed by atoms with Gasteiger partial charge in [-0.15, -0.1) is 6.42 Å². The first kappa shape index (κ1) is 23.3. The van der Waals surface area contributed by atoms with E-state index >= 15 is 0 Å². The van der Waals surface area contributed by atoms with Crippen molar-refractivity contribution in [1.82, 2.24) is 19.5 Å². The second-order valence-electron chi connectivity index (χ2n) is 8.25. The van der Waals surface area contributed by atoms with Gasteiger partial charge in [-0.1, -0.05) is 60.2 Å². The van der Waals surface area contributed by atoms with Crippen LogP contribution in [0.4, 0.5) is 11.6 Å². The van der Waals surface area contributed by atoms with Crippen LogP contribution < -0.4 is 16.6 Å². The van der Waals surface area contributed by atoms with Crippen molar-refractivity contribution >= 4 is 22.5 Å². The molecular formula is C30H22N6O. The smallest absolute Gasteiger partial charge is 0.267 e. The summed E-state index contributed by atoms with van der Waals surface area (Å²) in [7, 11) is 0. The largest absolute Gasteiger partial charge is 0.382 e. The molecule has 0 fully saturated rings. The highest BCUT2D eigenvalue weighted by atomic mass is 16.1. The monoisotopic (exact) mass is 482 g/mol. The summed E-state index contributed by atoms with van der Waals surface area (Å²) in [4.78, 5) is 27.1. The Hall–Kier alpha value is -5.40. The molecule has 0 saturated carbocycles. The summed E-state index contributed by atoms with van der Waals surface area (Å²) in [5.41, 5.74) is 8.90. The van der Waals surface area contributed by atoms with Crippen molar-refractivity contribution in [3.05, 3.63) is 118 Å². The molecule has 1 atom stereocenters. The fourth-order valence-corrected chi connectivity index (χ4v) is 4.04. The molecule has 7 nitrogen and oxygen atoms in total. The van der Waals surface area contributed by atoms with E-state index in [4.69, 9.17) is 17.1 Å². The predicted molar refractivity (Wildman–Crippen MR) is 146 cm³/mol. The van der Waals surface area contributed by atoms with Gasteiger partial charge in [0.05, 0.1) is 22.6 Å². The van der Waals surface area contributed by atoms with Gasteiger partial charge in [-0.3, -0.25) is 9.36 Å². The van der Waals surface area contributed by atoms with Gasteiger partial charge in [-0.2, -0.15) is 0 Å². The topological polar surface area (TPSA) is 98.7 Å². The van der Waals surface area contributed by atoms with Crippen LogP contribution in [0.15, 0.2) is 90.0 Å². The minimum Gasteiger partial charge on any atom is -0.382 e. The second-order valence-corrected chi connectivity index (χ2v) is 8.25. The lowest BCUT2D eigenvalue weighted by molar-refractivity contribution is 0.730. The highest BCUT2D eigenvalue weighted by Crippen LogP contribution is 2.25. The van der Waals surface area contributed by atoms with Gasteiger partial charge < -0.3 is 11.1 Å². The van der Waals surface area contributed by atoms with Gasteiger partial charge in [0.25, 0.3) is 5.56 Å². The highest BCUT2D eigenvalue weighted by molar-refractivity contribution is 5.84. The molecule has 0 spiro atoms. The Balaban J connectivity index is 1.64. The number of hydrogen-bond acceptors (Lipinski definition) is 6. The van der Waals surface area contributed by atoms with Crippen molar-refractivity contribution in [3.63, 3.8) is 0 Å². The van der Waals surface area contributed by atoms with E-state index in [-0.39, 0.29) is 11.4 Å². The molecule has 37 heavy (non-hydrogen) atoms. The molecule has 3 aromatic carbocycles. The van der Waals surface area contributed by atoms with Crippen LogP contribution in [0.2, 0.25) is 0 Å². The van der Waals surface area contributed by atoms with Crippen molar-refractivity contribution < 1.29 is 0 Å². The molecule has 1 unspecified atom stereocenters. The van der Waals surface area contributed by atoms with Crippen LogP contribution in [0.5, 0.6) is 0 Å². The minimum atomic E-state index is -0.460. The van der Waals surface area contributed by atoms with Gasteiger partial charge in [-0.25, -0.2) is 15.0 Å². The van der Waals surface area contributed by atoms with Crippen molar-refractivity contribution in [3.8, 4) is 29.9 Å². The van der Waals surface area contributed by atoms with Crippen LogP contribution >= 0.6 is 0 Å². The Morgan fingerprint density at radius 3 is 2.41 bits per heavy atom. The summed E-state index contributed by atoms with van der Waals surface area (Å²) < 4.78 is 1.57. The molecule has 2 heterocycles. The number of anilines is 2. The summed E-state index contributed by atoms with van der Waals surface area (Å²) in [6.45, 7) is 1.89. The molecule has 0 aliphatic carbocycles. The lowest BCUT2D eigenvalue weighted by Gasteiger charge is -2.21. The van der Waals surface area contributed by atoms with Gasteiger partial charge in [0, 0.05) is 11.1 Å². The van der Waals surface area contributed by atoms with E-state index in [1.54, 1.807) is 22.8 Å². The third-order valence-electron chi connectivity index (χ3n) is 5.82. The Morgan fingerprint density at radius 1 is 0.946 bits per heavy atom. The van der Waals surface area contributed by atoms with Crippen LogP contribution in [0.1, 0.15) is 35.5 Å². The van der Waals surface area contributed by atoms with Crippen molar-refractivity contribution in [2.45, 2.75) is 13.0 Å². The number of nitrogens with two attached hydrogens (primary N) is 1. The maximum atomic E-state index is 13.8. The first-order chi connectivity index (χ1) is 18.1. The summed E-state index contributed by atoms with van der Waals surface area (Å²) in [5, 5.41) is 3.73. The van der Waals surface area contributed by atoms with E-state index in [0.29, 0.717) is 39.4 Å². The van der Waals surface area contributed by atoms with Crippen LogP contribution in [0.3, 0.4) is 0 Å². The number of nitrogens with one attached hydrogen (secondary N) is 1. The van der Waals surface area contributed by atoms with Crippen molar-refractivity contribution in [1.29, 1.82) is 0 Å². The molecule has 0 radical (unpaired) electrons. The zero-order chi connectivity index (χ0) is 25.8. The van der Waals surface area contributed by atoms with Gasteiger partial charge in [-0.05, 0) is 43.3 Å². The number of fused-ring (bicyclic) bond motifs is 1. The Morgan fingerprint density at radius 2 is 1.68 bits per heavy atom. The molecule has 178 valence electrons. The number of aromatic nitrogens is 4. The molecule has 5 rings (SSSR count). The van der Waals surface area contributed by atoms with E-state index in [2.05, 4.69) is 33.0 Å². The van der Waals surface area contributed by atoms with E-state index in [9.17, 15) is 4.79 Å². The van der Waals surface area contributed by atoms with E-state index in [1.807, 2.05) is 67.6 Å². The Kier molecular flexibility index (Phi) is 6.35. The Bertz CT molecular complexity index is 1760. The normalized spacial score (nSPS) is 11.2. The standard InChI is InChI=1S/C30H22N6O/c1-3-22-13-10-16-25-26(22)30(37)36(23-14-8-5-9-15-23)29(35-25)20(2)34-28-24(27(31)32-19-33-28)18-17-21-11-6-4-7-12-21/h1,4-16,19-20H,2H3,(H3,31,32,33,34). The molecule has 0 bridgehead atoms. The zero-order valence-corrected chi connectivity index (χ0v) is 20.0. The predicted octanol–water partition coefficient (Wildman–Crippen LogP) is 4.31. The molecule has 0 saturated heterocycles. The first-order valence-corrected chi connectivity index (χ1v) is 11.6. The quantitative estimate of drug-likeness (QED) is 0.371. The molecule has 7 heteroatoms. The van der Waals surface area contributed by atoms with E-state index < -0.39 is 6.04 Å². The van der Waals surface area contributed by atoms with Crippen molar-refractivity contribution in [2.75, 3.05) is 11.1 Å². The minimum absolute atomic E-state index is 0.249. The lowest BCUT2D eigenvalue weighted by Crippen LogP contribution is -2.28. The van der Waals surface area contributed by atoms with Gasteiger partial charge in [0.15, 0.2) is 0 Å². The number of rotatable bonds is 4. The van der Waals surface area contributed by atoms with Crippen LogP contribution in [0.25, 0.3) is 16.6 Å². The summed E-state index contributed by atoms with van der Waals surface area (Å²) in [5.74, 6) is 9.96. The van der Waals surface area contributed by atoms with E-state index in [1.165, 1.54) is 6.33 Å². The van der Waals surface area contributed by atoms with Gasteiger partial charge in [0.1, 0.15) is 29.4 Å². The average molecular weight is 483 g/mol. The first-order valence-electron chi connectivity index (χ1n) is 11.6. The number of nitrogen functional groups attached to an aromatic ring is 1. The van der Waals surface area contributed by atoms with Crippen LogP contribution in [-0.4, -0.2) is 19.5 Å². The fraction of sp³-hybridized carbons (Fsp3) is 0.0667. The molecule has 0 aliphatic heterocycles. The highest BCUT2D eigenvalue weighted by Gasteiger charge is 2.21. The van der Waals surface area contributed by atoms with Gasteiger partial charge >= 0.3 is 0 Å². The number of hydrogen-bond donors (Lipinski definition) is 2. The number of terminal acetylenes is 1. The molecule has 2 aromatic heterocycles. The molecule has 5 aromatic rings. The third-order valence-corrected chi connectivity index (χ3v) is 5.82. The Labute approximate surface area is 214 Å². The summed E-state index contributed by atoms with van der Waals surface area (Å²) >= 11 is 0. The van der Waals surface area contributed by atoms with Crippen LogP contribution in [-0.2, 0) is 0 Å². The fourth-order valence-electron chi connectivity index (χ4n) is 4.04. The SMILES string of the molecule is C#Cc1cccc2nc(C(C)Nc3ncnc(N)c3C#Cc3ccccc3)n(-c3ccccc3)c(=O)c12. The number of nitrogens with zero attached hydrogens (tertiary/aromatic N) is 4. The molecular weight excluding hydrogens is 460 g/mol. The van der Waals surface area contributed by atoms with Crippen LogP contribution in [0, 0.1) is 24.2 Å². The maximum Gasteiger partial charge on any atom is 0.267 e. The molecule has 0 amide bonds. The third kappa shape index (κ3) is 4.62. The maximum absolute atomic E-state index is 13.8. The molecule has 0 aliphatic rings. The van der Waals surface area contributed by atoms with E-state index in [0.717, 1.165) is 5.56 Å². The number of benzene rings is 3. The average Bonchev–Trinajstić information content (AvgIpc) is 2.93. The van der Waals surface area contributed by atoms with Crippen molar-refractivity contribution in [2.24, 2.45) is 0 Å². The second kappa shape index (κ2) is 10.1. The zero-order valence-electron chi connectivity index (χ0n) is 20.0.